The van der Waals surface area contributed by atoms with E-state index in [0.29, 0.717) is 36.5 Å². The number of pyridine rings is 1. The van der Waals surface area contributed by atoms with E-state index in [1.807, 2.05) is 39.5 Å². The lowest BCUT2D eigenvalue weighted by molar-refractivity contribution is -0.128. The van der Waals surface area contributed by atoms with Gasteiger partial charge >= 0.3 is 5.69 Å². The molecule has 36 heavy (non-hydrogen) atoms. The SMILES string of the molecule is C=CC(=O)N1C[C@H](C)N(c2nc(=O)n(CC(C)(C)C)c3nc(-c4ccccc4F)c(Cl)cc23)C[C@H]1C. The van der Waals surface area contributed by atoms with Gasteiger partial charge in [0, 0.05) is 37.3 Å². The Balaban J connectivity index is 1.94. The van der Waals surface area contributed by atoms with Gasteiger partial charge in [0.25, 0.3) is 0 Å². The van der Waals surface area contributed by atoms with Crippen LogP contribution in [0.3, 0.4) is 0 Å². The number of piperazine rings is 1. The lowest BCUT2D eigenvalue weighted by Gasteiger charge is -2.44. The normalized spacial score (nSPS) is 18.5. The van der Waals surface area contributed by atoms with Gasteiger partial charge in [0.15, 0.2) is 0 Å². The molecule has 3 heterocycles. The van der Waals surface area contributed by atoms with Crippen LogP contribution >= 0.6 is 11.6 Å². The average molecular weight is 512 g/mol. The number of benzene rings is 1. The first-order valence-corrected chi connectivity index (χ1v) is 12.3. The molecular formula is C27H31ClFN5O2. The van der Waals surface area contributed by atoms with E-state index in [1.54, 1.807) is 29.2 Å². The van der Waals surface area contributed by atoms with E-state index in [9.17, 15) is 14.0 Å². The molecule has 7 nitrogen and oxygen atoms in total. The van der Waals surface area contributed by atoms with Crippen molar-refractivity contribution in [1.82, 2.24) is 19.4 Å². The summed E-state index contributed by atoms with van der Waals surface area (Å²) in [6.07, 6.45) is 1.31. The average Bonchev–Trinajstić information content (AvgIpc) is 2.81. The number of aromatic nitrogens is 3. The number of carbonyl (C=O) groups excluding carboxylic acids is 1. The van der Waals surface area contributed by atoms with Crippen molar-refractivity contribution in [2.24, 2.45) is 5.41 Å². The summed E-state index contributed by atoms with van der Waals surface area (Å²) in [5.41, 5.74) is 0.247. The summed E-state index contributed by atoms with van der Waals surface area (Å²) >= 11 is 6.67. The van der Waals surface area contributed by atoms with Crippen LogP contribution in [-0.2, 0) is 11.3 Å². The highest BCUT2D eigenvalue weighted by molar-refractivity contribution is 6.33. The Morgan fingerprint density at radius 1 is 1.19 bits per heavy atom. The second-order valence-electron chi connectivity index (χ2n) is 10.6. The highest BCUT2D eigenvalue weighted by atomic mass is 35.5. The highest BCUT2D eigenvalue weighted by Gasteiger charge is 2.33. The summed E-state index contributed by atoms with van der Waals surface area (Å²) in [6.45, 7) is 14.9. The zero-order valence-electron chi connectivity index (χ0n) is 21.3. The topological polar surface area (TPSA) is 71.3 Å². The fourth-order valence-electron chi connectivity index (χ4n) is 4.68. The molecule has 0 spiro atoms. The maximum atomic E-state index is 14.7. The maximum Gasteiger partial charge on any atom is 0.351 e. The molecule has 1 amide bonds. The monoisotopic (exact) mass is 511 g/mol. The first-order valence-electron chi connectivity index (χ1n) is 12.0. The minimum atomic E-state index is -0.448. The molecule has 190 valence electrons. The summed E-state index contributed by atoms with van der Waals surface area (Å²) in [5.74, 6) is -0.123. The minimum absolute atomic E-state index is 0.122. The summed E-state index contributed by atoms with van der Waals surface area (Å²) in [7, 11) is 0. The molecule has 0 aliphatic carbocycles. The number of nitrogens with zero attached hydrogens (tertiary/aromatic N) is 5. The number of hydrogen-bond donors (Lipinski definition) is 0. The van der Waals surface area contributed by atoms with Crippen molar-refractivity contribution in [1.29, 1.82) is 0 Å². The van der Waals surface area contributed by atoms with E-state index in [4.69, 9.17) is 16.6 Å². The summed E-state index contributed by atoms with van der Waals surface area (Å²) in [4.78, 5) is 38.7. The van der Waals surface area contributed by atoms with Crippen molar-refractivity contribution < 1.29 is 9.18 Å². The summed E-state index contributed by atoms with van der Waals surface area (Å²) in [5, 5.41) is 0.865. The van der Waals surface area contributed by atoms with Gasteiger partial charge in [-0.1, -0.05) is 51.1 Å². The molecule has 1 fully saturated rings. The molecule has 0 unspecified atom stereocenters. The van der Waals surface area contributed by atoms with Gasteiger partial charge in [-0.3, -0.25) is 9.36 Å². The zero-order valence-corrected chi connectivity index (χ0v) is 22.0. The Bertz CT molecular complexity index is 1400. The molecule has 1 aliphatic rings. The molecule has 0 bridgehead atoms. The summed E-state index contributed by atoms with van der Waals surface area (Å²) < 4.78 is 16.2. The van der Waals surface area contributed by atoms with Gasteiger partial charge in [-0.05, 0) is 43.5 Å². The van der Waals surface area contributed by atoms with E-state index < -0.39 is 11.5 Å². The lowest BCUT2D eigenvalue weighted by Crippen LogP contribution is -2.58. The van der Waals surface area contributed by atoms with Gasteiger partial charge in [0.05, 0.1) is 16.1 Å². The Kier molecular flexibility index (Phi) is 6.92. The zero-order chi connectivity index (χ0) is 26.4. The van der Waals surface area contributed by atoms with Gasteiger partial charge in [0.1, 0.15) is 17.3 Å². The van der Waals surface area contributed by atoms with E-state index in [2.05, 4.69) is 11.6 Å². The molecule has 9 heteroatoms. The molecule has 1 aliphatic heterocycles. The van der Waals surface area contributed by atoms with Gasteiger partial charge < -0.3 is 9.80 Å². The number of fused-ring (bicyclic) bond motifs is 1. The van der Waals surface area contributed by atoms with Gasteiger partial charge in [-0.15, -0.1) is 0 Å². The van der Waals surface area contributed by atoms with Crippen LogP contribution in [0.1, 0.15) is 34.6 Å². The van der Waals surface area contributed by atoms with Crippen molar-refractivity contribution in [3.63, 3.8) is 0 Å². The molecular weight excluding hydrogens is 481 g/mol. The van der Waals surface area contributed by atoms with Crippen LogP contribution in [0.2, 0.25) is 5.02 Å². The van der Waals surface area contributed by atoms with E-state index in [-0.39, 0.29) is 39.7 Å². The predicted octanol–water partition coefficient (Wildman–Crippen LogP) is 4.91. The third-order valence-corrected chi connectivity index (χ3v) is 6.65. The molecule has 2 atom stereocenters. The molecule has 2 aromatic heterocycles. The number of hydrogen-bond acceptors (Lipinski definition) is 5. The highest BCUT2D eigenvalue weighted by Crippen LogP contribution is 2.35. The van der Waals surface area contributed by atoms with Crippen LogP contribution in [0.15, 0.2) is 47.8 Å². The lowest BCUT2D eigenvalue weighted by atomic mass is 9.97. The number of rotatable bonds is 4. The number of amides is 1. The van der Waals surface area contributed by atoms with Crippen LogP contribution in [0.25, 0.3) is 22.3 Å². The first-order chi connectivity index (χ1) is 16.9. The molecule has 1 aromatic carbocycles. The second-order valence-corrected chi connectivity index (χ2v) is 11.0. The van der Waals surface area contributed by atoms with Crippen LogP contribution in [0.4, 0.5) is 10.2 Å². The smallest absolute Gasteiger partial charge is 0.349 e. The number of carbonyl (C=O) groups is 1. The maximum absolute atomic E-state index is 14.7. The first kappa shape index (κ1) is 25.8. The third-order valence-electron chi connectivity index (χ3n) is 6.36. The Hall–Kier alpha value is -3.26. The number of halogens is 2. The van der Waals surface area contributed by atoms with Gasteiger partial charge in [-0.2, -0.15) is 4.98 Å². The van der Waals surface area contributed by atoms with Crippen molar-refractivity contribution in [3.8, 4) is 11.3 Å². The van der Waals surface area contributed by atoms with Crippen molar-refractivity contribution in [2.75, 3.05) is 18.0 Å². The molecule has 0 N–H and O–H groups in total. The second kappa shape index (κ2) is 9.65. The largest absolute Gasteiger partial charge is 0.351 e. The van der Waals surface area contributed by atoms with E-state index in [0.717, 1.165) is 0 Å². The number of anilines is 1. The Morgan fingerprint density at radius 3 is 2.53 bits per heavy atom. The van der Waals surface area contributed by atoms with Crippen molar-refractivity contribution >= 4 is 34.4 Å². The third kappa shape index (κ3) is 4.87. The fraction of sp³-hybridized carbons (Fsp3) is 0.407. The fourth-order valence-corrected chi connectivity index (χ4v) is 4.93. The van der Waals surface area contributed by atoms with Crippen LogP contribution in [0, 0.1) is 11.2 Å². The van der Waals surface area contributed by atoms with Gasteiger partial charge in [0.2, 0.25) is 5.91 Å². The van der Waals surface area contributed by atoms with Crippen LogP contribution < -0.4 is 10.6 Å². The molecule has 4 rings (SSSR count). The van der Waals surface area contributed by atoms with Crippen LogP contribution in [-0.4, -0.2) is 50.5 Å². The minimum Gasteiger partial charge on any atom is -0.349 e. The van der Waals surface area contributed by atoms with Gasteiger partial charge in [-0.25, -0.2) is 14.2 Å². The molecule has 1 saturated heterocycles. The van der Waals surface area contributed by atoms with Crippen molar-refractivity contribution in [2.45, 2.75) is 53.2 Å². The Morgan fingerprint density at radius 2 is 1.89 bits per heavy atom. The quantitative estimate of drug-likeness (QED) is 0.465. The van der Waals surface area contributed by atoms with Crippen LogP contribution in [0.5, 0.6) is 0 Å². The predicted molar refractivity (Wildman–Crippen MR) is 142 cm³/mol. The molecule has 3 aromatic rings. The van der Waals surface area contributed by atoms with E-state index >= 15 is 0 Å². The summed E-state index contributed by atoms with van der Waals surface area (Å²) in [6, 6.07) is 7.75. The standard InChI is InChI=1S/C27H31ClFN5O2/c1-7-22(35)32-13-17(3)33(14-16(32)2)25-19-12-20(28)23(18-10-8-9-11-21(18)29)30-24(19)34(26(36)31-25)15-27(4,5)6/h7-12,16-17H,1,13-15H2,2-6H3/t16-,17+/m1/s1. The molecule has 0 saturated carbocycles. The van der Waals surface area contributed by atoms with Crippen molar-refractivity contribution in [3.05, 3.63) is 64.3 Å². The molecule has 0 radical (unpaired) electrons. The van der Waals surface area contributed by atoms with E-state index in [1.165, 1.54) is 16.7 Å². The Labute approximate surface area is 215 Å².